The molecule has 9 heteroatoms. The maximum Gasteiger partial charge on any atom is 0.416 e. The fourth-order valence-electron chi connectivity index (χ4n) is 3.90. The van der Waals surface area contributed by atoms with Crippen molar-refractivity contribution >= 4 is 28.2 Å². The number of H-pyrrole nitrogens is 1. The third kappa shape index (κ3) is 4.79. The zero-order valence-electron chi connectivity index (χ0n) is 18.3. The Morgan fingerprint density at radius 3 is 2.63 bits per heavy atom. The summed E-state index contributed by atoms with van der Waals surface area (Å²) in [7, 11) is 0. The standard InChI is InChI=1S/C26H19F3N4O2/c27-26(28,29)19-7-5-16(6-8-19)14-33-15-18(13-30-33)25(35)31-20-9-10-24(34)21(12-20)23-11-17-3-1-2-4-22(17)32-23/h1-9,11-13,15,32H,10,14H2,(H,31,35). The van der Waals surface area contributed by atoms with E-state index in [9.17, 15) is 22.8 Å². The average Bonchev–Trinajstić information content (AvgIpc) is 3.47. The summed E-state index contributed by atoms with van der Waals surface area (Å²) < 4.78 is 39.7. The Labute approximate surface area is 197 Å². The Balaban J connectivity index is 1.28. The highest BCUT2D eigenvalue weighted by atomic mass is 19.4. The molecule has 6 nitrogen and oxygen atoms in total. The van der Waals surface area contributed by atoms with Crippen molar-refractivity contribution in [1.29, 1.82) is 0 Å². The van der Waals surface area contributed by atoms with Crippen LogP contribution in [-0.2, 0) is 17.5 Å². The van der Waals surface area contributed by atoms with Crippen LogP contribution in [0.1, 0.15) is 33.6 Å². The molecule has 2 aromatic heterocycles. The lowest BCUT2D eigenvalue weighted by Crippen LogP contribution is -2.23. The second-order valence-electron chi connectivity index (χ2n) is 8.19. The number of ketones is 1. The van der Waals surface area contributed by atoms with Crippen molar-refractivity contribution in [2.24, 2.45) is 0 Å². The highest BCUT2D eigenvalue weighted by molar-refractivity contribution is 6.23. The molecule has 0 spiro atoms. The molecule has 4 aromatic rings. The van der Waals surface area contributed by atoms with Crippen LogP contribution in [0.3, 0.4) is 0 Å². The number of para-hydroxylation sites is 1. The fourth-order valence-corrected chi connectivity index (χ4v) is 3.90. The van der Waals surface area contributed by atoms with E-state index in [-0.39, 0.29) is 24.3 Å². The number of amides is 1. The minimum atomic E-state index is -4.39. The van der Waals surface area contributed by atoms with Crippen LogP contribution >= 0.6 is 0 Å². The molecule has 0 atom stereocenters. The quantitative estimate of drug-likeness (QED) is 0.421. The molecule has 1 aliphatic carbocycles. The van der Waals surface area contributed by atoms with Gasteiger partial charge in [-0.05, 0) is 35.9 Å². The second kappa shape index (κ2) is 8.75. The molecule has 0 radical (unpaired) electrons. The van der Waals surface area contributed by atoms with E-state index in [2.05, 4.69) is 15.4 Å². The van der Waals surface area contributed by atoms with Gasteiger partial charge < -0.3 is 10.3 Å². The lowest BCUT2D eigenvalue weighted by atomic mass is 9.98. The van der Waals surface area contributed by atoms with Crippen LogP contribution < -0.4 is 5.32 Å². The normalized spacial score (nSPS) is 14.1. The summed E-state index contributed by atoms with van der Waals surface area (Å²) in [5, 5.41) is 7.91. The van der Waals surface area contributed by atoms with Crippen LogP contribution in [0, 0.1) is 0 Å². The van der Waals surface area contributed by atoms with Crippen LogP contribution in [0.15, 0.2) is 84.8 Å². The number of nitrogens with one attached hydrogen (secondary N) is 2. The third-order valence-electron chi connectivity index (χ3n) is 5.71. The number of fused-ring (bicyclic) bond motifs is 1. The Kier molecular flexibility index (Phi) is 5.60. The van der Waals surface area contributed by atoms with Gasteiger partial charge >= 0.3 is 6.18 Å². The van der Waals surface area contributed by atoms with Crippen molar-refractivity contribution in [3.8, 4) is 0 Å². The van der Waals surface area contributed by atoms with Crippen LogP contribution in [0.4, 0.5) is 13.2 Å². The van der Waals surface area contributed by atoms with Crippen LogP contribution in [0.25, 0.3) is 16.5 Å². The highest BCUT2D eigenvalue weighted by Crippen LogP contribution is 2.29. The van der Waals surface area contributed by atoms with Gasteiger partial charge in [0.2, 0.25) is 0 Å². The van der Waals surface area contributed by atoms with Gasteiger partial charge in [-0.3, -0.25) is 14.3 Å². The summed E-state index contributed by atoms with van der Waals surface area (Å²) in [6, 6.07) is 14.4. The monoisotopic (exact) mass is 476 g/mol. The molecule has 35 heavy (non-hydrogen) atoms. The molecule has 1 amide bonds. The molecule has 0 unspecified atom stereocenters. The number of nitrogens with zero attached hydrogens (tertiary/aromatic N) is 2. The zero-order valence-corrected chi connectivity index (χ0v) is 18.3. The van der Waals surface area contributed by atoms with Gasteiger partial charge in [0, 0.05) is 34.8 Å². The van der Waals surface area contributed by atoms with Crippen molar-refractivity contribution in [2.45, 2.75) is 19.1 Å². The zero-order chi connectivity index (χ0) is 24.6. The predicted octanol–water partition coefficient (Wildman–Crippen LogP) is 5.10. The third-order valence-corrected chi connectivity index (χ3v) is 5.71. The minimum absolute atomic E-state index is 0.0566. The van der Waals surface area contributed by atoms with E-state index in [1.807, 2.05) is 30.3 Å². The molecular weight excluding hydrogens is 457 g/mol. The summed E-state index contributed by atoms with van der Waals surface area (Å²) in [5.41, 5.74) is 2.76. The second-order valence-corrected chi connectivity index (χ2v) is 8.19. The molecule has 2 aromatic carbocycles. The molecular formula is C26H19F3N4O2. The number of alkyl halides is 3. The number of Topliss-reactive ketones (excluding diaryl/α,β-unsaturated/α-hetero) is 1. The number of aromatic amines is 1. The first-order valence-electron chi connectivity index (χ1n) is 10.8. The van der Waals surface area contributed by atoms with Gasteiger partial charge in [0.05, 0.1) is 29.6 Å². The number of carbonyl (C=O) groups excluding carboxylic acids is 2. The van der Waals surface area contributed by atoms with E-state index in [0.29, 0.717) is 22.5 Å². The van der Waals surface area contributed by atoms with Crippen molar-refractivity contribution in [1.82, 2.24) is 20.1 Å². The summed E-state index contributed by atoms with van der Waals surface area (Å²) in [6.45, 7) is 0.215. The van der Waals surface area contributed by atoms with Crippen LogP contribution in [-0.4, -0.2) is 26.5 Å². The van der Waals surface area contributed by atoms with E-state index in [4.69, 9.17) is 0 Å². The van der Waals surface area contributed by atoms with E-state index in [1.165, 1.54) is 29.2 Å². The molecule has 0 saturated heterocycles. The summed E-state index contributed by atoms with van der Waals surface area (Å²) in [4.78, 5) is 28.5. The van der Waals surface area contributed by atoms with Crippen LogP contribution in [0.5, 0.6) is 0 Å². The molecule has 2 heterocycles. The van der Waals surface area contributed by atoms with E-state index < -0.39 is 17.6 Å². The first-order valence-corrected chi connectivity index (χ1v) is 10.8. The van der Waals surface area contributed by atoms with Gasteiger partial charge in [0.1, 0.15) is 0 Å². The number of carbonyl (C=O) groups is 2. The van der Waals surface area contributed by atoms with E-state index in [0.717, 1.165) is 23.0 Å². The molecule has 176 valence electrons. The van der Waals surface area contributed by atoms with Gasteiger partial charge in [-0.15, -0.1) is 0 Å². The van der Waals surface area contributed by atoms with E-state index in [1.54, 1.807) is 12.2 Å². The lowest BCUT2D eigenvalue weighted by molar-refractivity contribution is -0.137. The van der Waals surface area contributed by atoms with Crippen molar-refractivity contribution in [3.63, 3.8) is 0 Å². The van der Waals surface area contributed by atoms with Crippen molar-refractivity contribution < 1.29 is 22.8 Å². The minimum Gasteiger partial charge on any atom is -0.354 e. The largest absolute Gasteiger partial charge is 0.416 e. The number of aromatic nitrogens is 3. The molecule has 0 fully saturated rings. The SMILES string of the molecule is O=C1CC=C(NC(=O)c2cnn(Cc3ccc(C(F)(F)F)cc3)c2)C=C1c1cc2ccccc2[nH]1. The Hall–Kier alpha value is -4.40. The number of hydrogen-bond acceptors (Lipinski definition) is 3. The topological polar surface area (TPSA) is 79.8 Å². The Morgan fingerprint density at radius 1 is 1.11 bits per heavy atom. The van der Waals surface area contributed by atoms with Crippen molar-refractivity contribution in [2.75, 3.05) is 0 Å². The first kappa shape index (κ1) is 22.4. The predicted molar refractivity (Wildman–Crippen MR) is 124 cm³/mol. The summed E-state index contributed by atoms with van der Waals surface area (Å²) >= 11 is 0. The fraction of sp³-hybridized carbons (Fsp3) is 0.115. The molecule has 2 N–H and O–H groups in total. The van der Waals surface area contributed by atoms with Gasteiger partial charge in [0.15, 0.2) is 5.78 Å². The Bertz CT molecular complexity index is 1460. The smallest absolute Gasteiger partial charge is 0.354 e. The van der Waals surface area contributed by atoms with Gasteiger partial charge in [-0.1, -0.05) is 36.4 Å². The number of benzene rings is 2. The van der Waals surface area contributed by atoms with Gasteiger partial charge in [-0.25, -0.2) is 0 Å². The molecule has 5 rings (SSSR count). The Morgan fingerprint density at radius 2 is 1.89 bits per heavy atom. The van der Waals surface area contributed by atoms with Gasteiger partial charge in [0.25, 0.3) is 5.91 Å². The molecule has 0 aliphatic heterocycles. The number of hydrogen-bond donors (Lipinski definition) is 2. The van der Waals surface area contributed by atoms with Crippen molar-refractivity contribution in [3.05, 3.63) is 107 Å². The molecule has 1 aliphatic rings. The lowest BCUT2D eigenvalue weighted by Gasteiger charge is -2.13. The maximum absolute atomic E-state index is 12.7. The average molecular weight is 476 g/mol. The first-order chi connectivity index (χ1) is 16.8. The van der Waals surface area contributed by atoms with Crippen LogP contribution in [0.2, 0.25) is 0 Å². The molecule has 0 bridgehead atoms. The maximum atomic E-state index is 12.7. The van der Waals surface area contributed by atoms with E-state index >= 15 is 0 Å². The summed E-state index contributed by atoms with van der Waals surface area (Å²) in [6.07, 6.45) is 1.96. The number of rotatable bonds is 5. The highest BCUT2D eigenvalue weighted by Gasteiger charge is 2.30. The molecule has 0 saturated carbocycles. The summed E-state index contributed by atoms with van der Waals surface area (Å²) in [5.74, 6) is -0.463. The number of allylic oxidation sites excluding steroid dienone is 3. The number of halogens is 3. The van der Waals surface area contributed by atoms with Gasteiger partial charge in [-0.2, -0.15) is 18.3 Å².